The molecule has 1 aromatic carbocycles. The van der Waals surface area contributed by atoms with Crippen molar-refractivity contribution in [3.63, 3.8) is 0 Å². The van der Waals surface area contributed by atoms with Crippen LogP contribution in [0.25, 0.3) is 0 Å². The van der Waals surface area contributed by atoms with E-state index >= 15 is 0 Å². The molecule has 5 nitrogen and oxygen atoms in total. The van der Waals surface area contributed by atoms with Gasteiger partial charge in [0, 0.05) is 33.3 Å². The van der Waals surface area contributed by atoms with Crippen LogP contribution in [0.2, 0.25) is 0 Å². The number of anilines is 1. The molecule has 0 atom stereocenters. The van der Waals surface area contributed by atoms with E-state index in [9.17, 15) is 9.59 Å². The van der Waals surface area contributed by atoms with Crippen LogP contribution in [-0.2, 0) is 16.1 Å². The normalized spacial score (nSPS) is 9.94. The predicted molar refractivity (Wildman–Crippen MR) is 69.5 cm³/mol. The molecule has 0 heterocycles. The van der Waals surface area contributed by atoms with E-state index in [1.807, 2.05) is 43.3 Å². The average molecular weight is 250 g/mol. The number of carbonyl (C=O) groups is 2. The Morgan fingerprint density at radius 2 is 1.72 bits per heavy atom. The van der Waals surface area contributed by atoms with Gasteiger partial charge in [-0.15, -0.1) is 0 Å². The van der Waals surface area contributed by atoms with E-state index in [4.69, 9.17) is 5.11 Å². The molecule has 0 radical (unpaired) electrons. The van der Waals surface area contributed by atoms with Crippen LogP contribution in [0.15, 0.2) is 24.3 Å². The van der Waals surface area contributed by atoms with Crippen molar-refractivity contribution in [2.24, 2.45) is 0 Å². The zero-order valence-corrected chi connectivity index (χ0v) is 10.9. The first-order valence-corrected chi connectivity index (χ1v) is 5.63. The fourth-order valence-electron chi connectivity index (χ4n) is 1.56. The number of aliphatic carboxylic acids is 1. The molecule has 0 fully saturated rings. The number of rotatable bonds is 5. The lowest BCUT2D eigenvalue weighted by molar-refractivity contribution is -0.144. The van der Waals surface area contributed by atoms with Crippen LogP contribution in [0.5, 0.6) is 0 Å². The van der Waals surface area contributed by atoms with Crippen molar-refractivity contribution in [2.45, 2.75) is 13.5 Å². The first-order valence-electron chi connectivity index (χ1n) is 5.63. The molecule has 5 heteroatoms. The van der Waals surface area contributed by atoms with Gasteiger partial charge in [-0.05, 0) is 17.7 Å². The first kappa shape index (κ1) is 14.0. The van der Waals surface area contributed by atoms with Gasteiger partial charge in [-0.3, -0.25) is 9.59 Å². The van der Waals surface area contributed by atoms with Crippen LogP contribution >= 0.6 is 0 Å². The Morgan fingerprint density at radius 3 is 2.11 bits per heavy atom. The summed E-state index contributed by atoms with van der Waals surface area (Å²) in [5.41, 5.74) is 1.98. The van der Waals surface area contributed by atoms with Crippen molar-refractivity contribution < 1.29 is 14.7 Å². The Bertz CT molecular complexity index is 426. The third-order valence-electron chi connectivity index (χ3n) is 2.60. The van der Waals surface area contributed by atoms with Crippen LogP contribution in [0, 0.1) is 0 Å². The summed E-state index contributed by atoms with van der Waals surface area (Å²) in [4.78, 5) is 25.2. The smallest absolute Gasteiger partial charge is 0.323 e. The van der Waals surface area contributed by atoms with Crippen molar-refractivity contribution in [2.75, 3.05) is 25.5 Å². The second kappa shape index (κ2) is 6.05. The van der Waals surface area contributed by atoms with Gasteiger partial charge in [0.05, 0.1) is 0 Å². The lowest BCUT2D eigenvalue weighted by atomic mass is 10.2. The van der Waals surface area contributed by atoms with Crippen molar-refractivity contribution >= 4 is 17.6 Å². The number of carboxylic acids is 1. The standard InChI is InChI=1S/C13H18N2O3/c1-10(16)15(9-13(17)18)8-11-4-6-12(7-5-11)14(2)3/h4-7H,8-9H2,1-3H3,(H,17,18). The Morgan fingerprint density at radius 1 is 1.17 bits per heavy atom. The van der Waals surface area contributed by atoms with E-state index in [1.165, 1.54) is 11.8 Å². The summed E-state index contributed by atoms with van der Waals surface area (Å²) in [5, 5.41) is 8.73. The summed E-state index contributed by atoms with van der Waals surface area (Å²) in [5.74, 6) is -1.25. The van der Waals surface area contributed by atoms with Gasteiger partial charge in [0.15, 0.2) is 0 Å². The summed E-state index contributed by atoms with van der Waals surface area (Å²) in [7, 11) is 3.89. The third kappa shape index (κ3) is 4.08. The van der Waals surface area contributed by atoms with Crippen LogP contribution < -0.4 is 4.90 Å². The molecule has 1 aromatic rings. The highest BCUT2D eigenvalue weighted by molar-refractivity contribution is 5.79. The van der Waals surface area contributed by atoms with Crippen LogP contribution in [0.4, 0.5) is 5.69 Å². The minimum atomic E-state index is -1.00. The highest BCUT2D eigenvalue weighted by Crippen LogP contribution is 2.13. The third-order valence-corrected chi connectivity index (χ3v) is 2.60. The molecule has 18 heavy (non-hydrogen) atoms. The van der Waals surface area contributed by atoms with Gasteiger partial charge in [0.1, 0.15) is 6.54 Å². The van der Waals surface area contributed by atoms with Gasteiger partial charge >= 0.3 is 5.97 Å². The van der Waals surface area contributed by atoms with E-state index in [0.717, 1.165) is 11.3 Å². The molecule has 0 bridgehead atoms. The molecule has 0 unspecified atom stereocenters. The lowest BCUT2D eigenvalue weighted by Gasteiger charge is -2.19. The van der Waals surface area contributed by atoms with Crippen molar-refractivity contribution in [3.8, 4) is 0 Å². The number of nitrogens with zero attached hydrogens (tertiary/aromatic N) is 2. The molecule has 1 N–H and O–H groups in total. The maximum atomic E-state index is 11.3. The van der Waals surface area contributed by atoms with E-state index < -0.39 is 5.97 Å². The van der Waals surface area contributed by atoms with E-state index in [2.05, 4.69) is 0 Å². The van der Waals surface area contributed by atoms with Gasteiger partial charge in [0.25, 0.3) is 0 Å². The summed E-state index contributed by atoms with van der Waals surface area (Å²) in [6, 6.07) is 7.67. The zero-order chi connectivity index (χ0) is 13.7. The van der Waals surface area contributed by atoms with Gasteiger partial charge in [-0.25, -0.2) is 0 Å². The Balaban J connectivity index is 2.75. The molecule has 0 aromatic heterocycles. The number of hydrogen-bond acceptors (Lipinski definition) is 3. The van der Waals surface area contributed by atoms with Crippen LogP contribution in [-0.4, -0.2) is 42.5 Å². The molecule has 0 saturated carbocycles. The van der Waals surface area contributed by atoms with Crippen LogP contribution in [0.3, 0.4) is 0 Å². The summed E-state index contributed by atoms with van der Waals surface area (Å²) in [6.07, 6.45) is 0. The van der Waals surface area contributed by atoms with Crippen molar-refractivity contribution in [1.82, 2.24) is 4.90 Å². The number of benzene rings is 1. The largest absolute Gasteiger partial charge is 0.480 e. The minimum Gasteiger partial charge on any atom is -0.480 e. The molecule has 0 aliphatic heterocycles. The molecule has 0 aliphatic carbocycles. The van der Waals surface area contributed by atoms with Gasteiger partial charge in [-0.1, -0.05) is 12.1 Å². The molecule has 1 amide bonds. The maximum Gasteiger partial charge on any atom is 0.323 e. The number of hydrogen-bond donors (Lipinski definition) is 1. The second-order valence-electron chi connectivity index (χ2n) is 4.33. The maximum absolute atomic E-state index is 11.3. The minimum absolute atomic E-state index is 0.242. The topological polar surface area (TPSA) is 60.9 Å². The van der Waals surface area contributed by atoms with Crippen molar-refractivity contribution in [3.05, 3.63) is 29.8 Å². The van der Waals surface area contributed by atoms with E-state index in [-0.39, 0.29) is 12.5 Å². The number of carboxylic acid groups (broad SMARTS) is 1. The summed E-state index contributed by atoms with van der Waals surface area (Å²) < 4.78 is 0. The summed E-state index contributed by atoms with van der Waals surface area (Å²) in [6.45, 7) is 1.41. The van der Waals surface area contributed by atoms with E-state index in [1.54, 1.807) is 0 Å². The molecule has 0 saturated heterocycles. The van der Waals surface area contributed by atoms with Crippen LogP contribution in [0.1, 0.15) is 12.5 Å². The van der Waals surface area contributed by atoms with Crippen molar-refractivity contribution in [1.29, 1.82) is 0 Å². The zero-order valence-electron chi connectivity index (χ0n) is 10.9. The monoisotopic (exact) mass is 250 g/mol. The fourth-order valence-corrected chi connectivity index (χ4v) is 1.56. The fraction of sp³-hybridized carbons (Fsp3) is 0.385. The van der Waals surface area contributed by atoms with E-state index in [0.29, 0.717) is 6.54 Å². The predicted octanol–water partition coefficient (Wildman–Crippen LogP) is 1.19. The quantitative estimate of drug-likeness (QED) is 0.852. The highest BCUT2D eigenvalue weighted by Gasteiger charge is 2.13. The SMILES string of the molecule is CC(=O)N(CC(=O)O)Cc1ccc(N(C)C)cc1. The summed E-state index contributed by atoms with van der Waals surface area (Å²) >= 11 is 0. The Hall–Kier alpha value is -2.04. The highest BCUT2D eigenvalue weighted by atomic mass is 16.4. The molecular weight excluding hydrogens is 232 g/mol. The molecule has 0 spiro atoms. The average Bonchev–Trinajstić information content (AvgIpc) is 2.28. The number of amides is 1. The van der Waals surface area contributed by atoms with Gasteiger partial charge in [-0.2, -0.15) is 0 Å². The Labute approximate surface area is 107 Å². The number of carbonyl (C=O) groups excluding carboxylic acids is 1. The second-order valence-corrected chi connectivity index (χ2v) is 4.33. The molecular formula is C13H18N2O3. The molecule has 1 rings (SSSR count). The van der Waals surface area contributed by atoms with Gasteiger partial charge < -0.3 is 14.9 Å². The lowest BCUT2D eigenvalue weighted by Crippen LogP contribution is -2.33. The first-order chi connectivity index (χ1) is 8.40. The molecule has 98 valence electrons. The van der Waals surface area contributed by atoms with Gasteiger partial charge in [0.2, 0.25) is 5.91 Å². The molecule has 0 aliphatic rings. The Kier molecular flexibility index (Phi) is 4.71.